The van der Waals surface area contributed by atoms with Crippen LogP contribution in [0.3, 0.4) is 0 Å². The fourth-order valence-electron chi connectivity index (χ4n) is 1.63. The molecule has 1 atom stereocenters. The average molecular weight is 227 g/mol. The predicted molar refractivity (Wildman–Crippen MR) is 58.7 cm³/mol. The Kier molecular flexibility index (Phi) is 3.35. The van der Waals surface area contributed by atoms with Crippen molar-refractivity contribution < 1.29 is 14.6 Å². The second-order valence-electron chi connectivity index (χ2n) is 3.45. The Labute approximate surface area is 92.1 Å². The number of carbonyl (C=O) groups is 1. The number of aldehydes is 1. The molecule has 0 radical (unpaired) electrons. The first-order valence-corrected chi connectivity index (χ1v) is 5.72. The Balaban J connectivity index is 2.06. The van der Waals surface area contributed by atoms with E-state index in [2.05, 4.69) is 4.90 Å². The zero-order chi connectivity index (χ0) is 10.7. The lowest BCUT2D eigenvalue weighted by Gasteiger charge is -2.32. The summed E-state index contributed by atoms with van der Waals surface area (Å²) in [6.45, 7) is 2.16. The van der Waals surface area contributed by atoms with Crippen LogP contribution in [0.15, 0.2) is 11.4 Å². The van der Waals surface area contributed by atoms with Crippen molar-refractivity contribution in [3.63, 3.8) is 0 Å². The molecular formula is C10H13NO3S. The molecule has 1 N–H and O–H groups in total. The van der Waals surface area contributed by atoms with Gasteiger partial charge in [-0.15, -0.1) is 11.3 Å². The molecule has 1 aromatic rings. The summed E-state index contributed by atoms with van der Waals surface area (Å²) in [4.78, 5) is 13.4. The Morgan fingerprint density at radius 2 is 2.60 bits per heavy atom. The first-order chi connectivity index (χ1) is 7.33. The zero-order valence-corrected chi connectivity index (χ0v) is 9.07. The highest BCUT2D eigenvalue weighted by Gasteiger charge is 2.20. The first kappa shape index (κ1) is 10.6. The van der Waals surface area contributed by atoms with Crippen LogP contribution in [-0.2, 0) is 4.74 Å². The number of aliphatic hydroxyl groups is 1. The van der Waals surface area contributed by atoms with Crippen LogP contribution in [0.5, 0.6) is 0 Å². The van der Waals surface area contributed by atoms with Crippen molar-refractivity contribution in [2.75, 3.05) is 31.2 Å². The van der Waals surface area contributed by atoms with E-state index in [1.54, 1.807) is 0 Å². The number of thiophene rings is 1. The molecular weight excluding hydrogens is 214 g/mol. The highest BCUT2D eigenvalue weighted by Crippen LogP contribution is 2.23. The topological polar surface area (TPSA) is 49.8 Å². The lowest BCUT2D eigenvalue weighted by molar-refractivity contribution is 0.00359. The molecule has 1 aliphatic rings. The first-order valence-electron chi connectivity index (χ1n) is 4.84. The number of nitrogens with zero attached hydrogens (tertiary/aromatic N) is 1. The molecule has 0 bridgehead atoms. The van der Waals surface area contributed by atoms with E-state index in [4.69, 9.17) is 9.84 Å². The molecule has 2 heterocycles. The molecule has 0 aromatic carbocycles. The van der Waals surface area contributed by atoms with Crippen molar-refractivity contribution in [2.45, 2.75) is 6.10 Å². The van der Waals surface area contributed by atoms with Gasteiger partial charge in [0.1, 0.15) is 0 Å². The van der Waals surface area contributed by atoms with E-state index >= 15 is 0 Å². The number of aliphatic hydroxyl groups excluding tert-OH is 1. The van der Waals surface area contributed by atoms with Crippen LogP contribution < -0.4 is 4.90 Å². The van der Waals surface area contributed by atoms with Gasteiger partial charge in [-0.25, -0.2) is 0 Å². The van der Waals surface area contributed by atoms with E-state index in [0.717, 1.165) is 23.4 Å². The largest absolute Gasteiger partial charge is 0.394 e. The number of carbonyl (C=O) groups excluding carboxylic acids is 1. The summed E-state index contributed by atoms with van der Waals surface area (Å²) >= 11 is 1.44. The van der Waals surface area contributed by atoms with Crippen LogP contribution in [0.1, 0.15) is 9.67 Å². The molecule has 1 aromatic heterocycles. The molecule has 4 nitrogen and oxygen atoms in total. The maximum absolute atomic E-state index is 10.6. The van der Waals surface area contributed by atoms with Gasteiger partial charge in [-0.2, -0.15) is 0 Å². The van der Waals surface area contributed by atoms with Crippen LogP contribution in [0.25, 0.3) is 0 Å². The summed E-state index contributed by atoms with van der Waals surface area (Å²) in [6, 6.07) is 1.87. The molecule has 15 heavy (non-hydrogen) atoms. The summed E-state index contributed by atoms with van der Waals surface area (Å²) in [7, 11) is 0. The van der Waals surface area contributed by atoms with E-state index in [1.807, 2.05) is 11.4 Å². The van der Waals surface area contributed by atoms with Gasteiger partial charge in [-0.05, 0) is 6.07 Å². The lowest BCUT2D eigenvalue weighted by atomic mass is 10.2. The van der Waals surface area contributed by atoms with Gasteiger partial charge >= 0.3 is 0 Å². The number of ether oxygens (including phenoxy) is 1. The SMILES string of the molecule is O=Cc1cc(N2CCOC(CO)C2)cs1. The summed E-state index contributed by atoms with van der Waals surface area (Å²) < 4.78 is 5.35. The smallest absolute Gasteiger partial charge is 0.160 e. The minimum atomic E-state index is -0.113. The van der Waals surface area contributed by atoms with Crippen LogP contribution in [0, 0.1) is 0 Å². The van der Waals surface area contributed by atoms with Crippen molar-refractivity contribution in [1.82, 2.24) is 0 Å². The third-order valence-electron chi connectivity index (χ3n) is 2.43. The van der Waals surface area contributed by atoms with Crippen LogP contribution in [0.4, 0.5) is 5.69 Å². The quantitative estimate of drug-likeness (QED) is 0.774. The molecule has 5 heteroatoms. The molecule has 0 amide bonds. The maximum Gasteiger partial charge on any atom is 0.160 e. The molecule has 0 spiro atoms. The number of anilines is 1. The number of morpholine rings is 1. The normalized spacial score (nSPS) is 21.7. The molecule has 1 saturated heterocycles. The van der Waals surface area contributed by atoms with Gasteiger partial charge in [0.2, 0.25) is 0 Å². The fraction of sp³-hybridized carbons (Fsp3) is 0.500. The van der Waals surface area contributed by atoms with Gasteiger partial charge in [0.05, 0.1) is 24.2 Å². The predicted octanol–water partition coefficient (Wildman–Crippen LogP) is 0.758. The Hall–Kier alpha value is -0.910. The van der Waals surface area contributed by atoms with Gasteiger partial charge in [-0.1, -0.05) is 0 Å². The standard InChI is InChI=1S/C10H13NO3S/c12-5-9-4-11(1-2-14-9)8-3-10(6-13)15-7-8/h3,6-7,9,12H,1-2,4-5H2. The van der Waals surface area contributed by atoms with E-state index in [0.29, 0.717) is 13.2 Å². The highest BCUT2D eigenvalue weighted by atomic mass is 32.1. The van der Waals surface area contributed by atoms with Crippen molar-refractivity contribution in [3.05, 3.63) is 16.3 Å². The van der Waals surface area contributed by atoms with Gasteiger partial charge in [0.15, 0.2) is 6.29 Å². The number of rotatable bonds is 3. The second-order valence-corrected chi connectivity index (χ2v) is 4.39. The molecule has 1 unspecified atom stereocenters. The van der Waals surface area contributed by atoms with Crippen LogP contribution in [-0.4, -0.2) is 43.8 Å². The van der Waals surface area contributed by atoms with Crippen molar-refractivity contribution >= 4 is 23.3 Å². The Morgan fingerprint density at radius 3 is 3.27 bits per heavy atom. The van der Waals surface area contributed by atoms with Crippen LogP contribution >= 0.6 is 11.3 Å². The van der Waals surface area contributed by atoms with Crippen molar-refractivity contribution in [1.29, 1.82) is 0 Å². The van der Waals surface area contributed by atoms with E-state index in [1.165, 1.54) is 11.3 Å². The Bertz CT molecular complexity index is 339. The van der Waals surface area contributed by atoms with Gasteiger partial charge in [0, 0.05) is 24.2 Å². The third kappa shape index (κ3) is 2.37. The van der Waals surface area contributed by atoms with Crippen molar-refractivity contribution in [2.24, 2.45) is 0 Å². The molecule has 0 aliphatic carbocycles. The summed E-state index contributed by atoms with van der Waals surface area (Å²) in [5.74, 6) is 0. The Morgan fingerprint density at radius 1 is 1.73 bits per heavy atom. The molecule has 1 aliphatic heterocycles. The summed E-state index contributed by atoms with van der Waals surface area (Å²) in [5.41, 5.74) is 1.05. The average Bonchev–Trinajstić information content (AvgIpc) is 2.78. The maximum atomic E-state index is 10.6. The molecule has 1 fully saturated rings. The van der Waals surface area contributed by atoms with Gasteiger partial charge < -0.3 is 14.7 Å². The monoisotopic (exact) mass is 227 g/mol. The summed E-state index contributed by atoms with van der Waals surface area (Å²) in [5, 5.41) is 11.0. The minimum absolute atomic E-state index is 0.0428. The fourth-order valence-corrected chi connectivity index (χ4v) is 2.35. The van der Waals surface area contributed by atoms with E-state index in [9.17, 15) is 4.79 Å². The van der Waals surface area contributed by atoms with Crippen LogP contribution in [0.2, 0.25) is 0 Å². The van der Waals surface area contributed by atoms with Gasteiger partial charge in [0.25, 0.3) is 0 Å². The number of hydrogen-bond acceptors (Lipinski definition) is 5. The zero-order valence-electron chi connectivity index (χ0n) is 8.26. The summed E-state index contributed by atoms with van der Waals surface area (Å²) in [6.07, 6.45) is 0.747. The number of hydrogen-bond donors (Lipinski definition) is 1. The van der Waals surface area contributed by atoms with E-state index in [-0.39, 0.29) is 12.7 Å². The van der Waals surface area contributed by atoms with E-state index < -0.39 is 0 Å². The molecule has 82 valence electrons. The second kappa shape index (κ2) is 4.74. The minimum Gasteiger partial charge on any atom is -0.394 e. The third-order valence-corrected chi connectivity index (χ3v) is 3.28. The highest BCUT2D eigenvalue weighted by molar-refractivity contribution is 7.12. The lowest BCUT2D eigenvalue weighted by Crippen LogP contribution is -2.43. The molecule has 0 saturated carbocycles. The molecule has 2 rings (SSSR count). The van der Waals surface area contributed by atoms with Gasteiger partial charge in [-0.3, -0.25) is 4.79 Å². The van der Waals surface area contributed by atoms with Crippen molar-refractivity contribution in [3.8, 4) is 0 Å².